The summed E-state index contributed by atoms with van der Waals surface area (Å²) in [4.78, 5) is 10.7. The summed E-state index contributed by atoms with van der Waals surface area (Å²) in [6.07, 6.45) is 0. The summed E-state index contributed by atoms with van der Waals surface area (Å²) in [7, 11) is 0. The van der Waals surface area contributed by atoms with Gasteiger partial charge in [-0.05, 0) is 29.7 Å². The van der Waals surface area contributed by atoms with Crippen LogP contribution in [0, 0.1) is 0 Å². The number of carbonyl (C=O) groups excluding carboxylic acids is 1. The van der Waals surface area contributed by atoms with Crippen LogP contribution < -0.4 is 11.1 Å². The Morgan fingerprint density at radius 1 is 1.27 bits per heavy atom. The van der Waals surface area contributed by atoms with Crippen molar-refractivity contribution in [1.82, 2.24) is 0 Å². The number of carbonyl (C=O) groups is 1. The smallest absolute Gasteiger partial charge is 0.316 e. The number of hydrogen-bond donors (Lipinski definition) is 3. The van der Waals surface area contributed by atoms with E-state index >= 15 is 0 Å². The standard InChI is InChI=1S/C11H10N2O2/c12-11(15)13-10-3-1-2-7-6-8(14)4-5-9(7)10/h1-6,14H,(H3,12,13,15). The van der Waals surface area contributed by atoms with E-state index in [-0.39, 0.29) is 5.75 Å². The zero-order chi connectivity index (χ0) is 10.8. The molecule has 0 aliphatic carbocycles. The molecular weight excluding hydrogens is 192 g/mol. The summed E-state index contributed by atoms with van der Waals surface area (Å²) < 4.78 is 0. The monoisotopic (exact) mass is 202 g/mol. The highest BCUT2D eigenvalue weighted by Gasteiger charge is 2.02. The third kappa shape index (κ3) is 1.83. The van der Waals surface area contributed by atoms with Crippen molar-refractivity contribution >= 4 is 22.5 Å². The topological polar surface area (TPSA) is 75.4 Å². The predicted molar refractivity (Wildman–Crippen MR) is 58.8 cm³/mol. The Bertz CT molecular complexity index is 523. The second-order valence-corrected chi connectivity index (χ2v) is 3.20. The second-order valence-electron chi connectivity index (χ2n) is 3.20. The summed E-state index contributed by atoms with van der Waals surface area (Å²) in [6.45, 7) is 0. The number of phenols is 1. The molecule has 2 amide bonds. The van der Waals surface area contributed by atoms with Crippen LogP contribution in [0.25, 0.3) is 10.8 Å². The van der Waals surface area contributed by atoms with E-state index in [9.17, 15) is 9.90 Å². The Balaban J connectivity index is 2.60. The Morgan fingerprint density at radius 3 is 2.80 bits per heavy atom. The third-order valence-corrected chi connectivity index (χ3v) is 2.12. The molecule has 0 saturated carbocycles. The normalized spacial score (nSPS) is 10.1. The maximum Gasteiger partial charge on any atom is 0.316 e. The van der Waals surface area contributed by atoms with Crippen molar-refractivity contribution < 1.29 is 9.90 Å². The van der Waals surface area contributed by atoms with E-state index in [1.165, 1.54) is 0 Å². The largest absolute Gasteiger partial charge is 0.508 e. The van der Waals surface area contributed by atoms with Crippen molar-refractivity contribution in [2.24, 2.45) is 5.73 Å². The number of nitrogens with one attached hydrogen (secondary N) is 1. The minimum Gasteiger partial charge on any atom is -0.508 e. The van der Waals surface area contributed by atoms with Gasteiger partial charge in [-0.3, -0.25) is 0 Å². The van der Waals surface area contributed by atoms with Gasteiger partial charge in [0.1, 0.15) is 5.75 Å². The first kappa shape index (κ1) is 9.33. The zero-order valence-corrected chi connectivity index (χ0v) is 7.90. The Hall–Kier alpha value is -2.23. The highest BCUT2D eigenvalue weighted by molar-refractivity contribution is 6.01. The summed E-state index contributed by atoms with van der Waals surface area (Å²) in [6, 6.07) is 9.71. The van der Waals surface area contributed by atoms with Gasteiger partial charge in [0.15, 0.2) is 0 Å². The number of amides is 2. The van der Waals surface area contributed by atoms with Crippen molar-refractivity contribution in [3.05, 3.63) is 36.4 Å². The van der Waals surface area contributed by atoms with Crippen LogP contribution in [-0.4, -0.2) is 11.1 Å². The summed E-state index contributed by atoms with van der Waals surface area (Å²) in [5.74, 6) is 0.193. The number of aromatic hydroxyl groups is 1. The predicted octanol–water partition coefficient (Wildman–Crippen LogP) is 2.04. The molecule has 0 aliphatic rings. The van der Waals surface area contributed by atoms with Gasteiger partial charge < -0.3 is 16.2 Å². The summed E-state index contributed by atoms with van der Waals surface area (Å²) >= 11 is 0. The molecule has 2 rings (SSSR count). The number of urea groups is 1. The minimum atomic E-state index is -0.601. The molecule has 0 unspecified atom stereocenters. The second kappa shape index (κ2) is 3.49. The van der Waals surface area contributed by atoms with E-state index in [1.54, 1.807) is 30.3 Å². The van der Waals surface area contributed by atoms with Gasteiger partial charge in [-0.1, -0.05) is 12.1 Å². The van der Waals surface area contributed by atoms with Gasteiger partial charge in [0, 0.05) is 5.39 Å². The Morgan fingerprint density at radius 2 is 2.07 bits per heavy atom. The first-order chi connectivity index (χ1) is 7.16. The molecule has 76 valence electrons. The van der Waals surface area contributed by atoms with Crippen LogP contribution in [0.2, 0.25) is 0 Å². The fourth-order valence-corrected chi connectivity index (χ4v) is 1.51. The van der Waals surface area contributed by atoms with Gasteiger partial charge in [-0.15, -0.1) is 0 Å². The molecular formula is C11H10N2O2. The van der Waals surface area contributed by atoms with E-state index in [0.29, 0.717) is 5.69 Å². The summed E-state index contributed by atoms with van der Waals surface area (Å²) in [5.41, 5.74) is 5.68. The average molecular weight is 202 g/mol. The fourth-order valence-electron chi connectivity index (χ4n) is 1.51. The van der Waals surface area contributed by atoms with Gasteiger partial charge in [0.05, 0.1) is 5.69 Å². The van der Waals surface area contributed by atoms with Gasteiger partial charge in [0.25, 0.3) is 0 Å². The lowest BCUT2D eigenvalue weighted by Crippen LogP contribution is -2.19. The van der Waals surface area contributed by atoms with E-state index in [4.69, 9.17) is 5.73 Å². The van der Waals surface area contributed by atoms with Crippen LogP contribution in [-0.2, 0) is 0 Å². The number of phenolic OH excluding ortho intramolecular Hbond substituents is 1. The first-order valence-corrected chi connectivity index (χ1v) is 4.45. The molecule has 4 N–H and O–H groups in total. The van der Waals surface area contributed by atoms with Crippen LogP contribution in [0.3, 0.4) is 0 Å². The maximum absolute atomic E-state index is 10.7. The fraction of sp³-hybridized carbons (Fsp3) is 0. The van der Waals surface area contributed by atoms with E-state index < -0.39 is 6.03 Å². The number of anilines is 1. The molecule has 0 radical (unpaired) electrons. The SMILES string of the molecule is NC(=O)Nc1cccc2cc(O)ccc12. The molecule has 0 heterocycles. The molecule has 2 aromatic rings. The van der Waals surface area contributed by atoms with Crippen LogP contribution in [0.5, 0.6) is 5.75 Å². The molecule has 0 spiro atoms. The van der Waals surface area contributed by atoms with Crippen molar-refractivity contribution in [1.29, 1.82) is 0 Å². The quantitative estimate of drug-likeness (QED) is 0.661. The third-order valence-electron chi connectivity index (χ3n) is 2.12. The number of hydrogen-bond acceptors (Lipinski definition) is 2. The van der Waals surface area contributed by atoms with Gasteiger partial charge in [-0.2, -0.15) is 0 Å². The molecule has 4 nitrogen and oxygen atoms in total. The van der Waals surface area contributed by atoms with Gasteiger partial charge in [0.2, 0.25) is 0 Å². The molecule has 0 fully saturated rings. The van der Waals surface area contributed by atoms with E-state index in [1.807, 2.05) is 6.07 Å². The lowest BCUT2D eigenvalue weighted by molar-refractivity contribution is 0.259. The molecule has 4 heteroatoms. The highest BCUT2D eigenvalue weighted by atomic mass is 16.3. The van der Waals surface area contributed by atoms with Crippen molar-refractivity contribution in [2.45, 2.75) is 0 Å². The molecule has 2 aromatic carbocycles. The van der Waals surface area contributed by atoms with E-state index in [2.05, 4.69) is 5.32 Å². The first-order valence-electron chi connectivity index (χ1n) is 4.45. The zero-order valence-electron chi connectivity index (χ0n) is 7.90. The minimum absolute atomic E-state index is 0.193. The average Bonchev–Trinajstić information content (AvgIpc) is 2.16. The van der Waals surface area contributed by atoms with Crippen molar-refractivity contribution in [2.75, 3.05) is 5.32 Å². The Labute approximate surface area is 86.3 Å². The molecule has 0 aliphatic heterocycles. The molecule has 0 aromatic heterocycles. The maximum atomic E-state index is 10.7. The van der Waals surface area contributed by atoms with Crippen LogP contribution in [0.4, 0.5) is 10.5 Å². The van der Waals surface area contributed by atoms with Crippen LogP contribution in [0.1, 0.15) is 0 Å². The molecule has 15 heavy (non-hydrogen) atoms. The van der Waals surface area contributed by atoms with Gasteiger partial charge >= 0.3 is 6.03 Å². The number of nitrogens with two attached hydrogens (primary N) is 1. The number of benzene rings is 2. The van der Waals surface area contributed by atoms with Crippen LogP contribution in [0.15, 0.2) is 36.4 Å². The Kier molecular flexibility index (Phi) is 2.17. The number of primary amides is 1. The lowest BCUT2D eigenvalue weighted by Gasteiger charge is -2.06. The lowest BCUT2D eigenvalue weighted by atomic mass is 10.1. The van der Waals surface area contributed by atoms with Crippen molar-refractivity contribution in [3.63, 3.8) is 0 Å². The molecule has 0 atom stereocenters. The number of rotatable bonds is 1. The highest BCUT2D eigenvalue weighted by Crippen LogP contribution is 2.26. The molecule has 0 saturated heterocycles. The summed E-state index contributed by atoms with van der Waals surface area (Å²) in [5, 5.41) is 13.5. The molecule has 0 bridgehead atoms. The van der Waals surface area contributed by atoms with E-state index in [0.717, 1.165) is 10.8 Å². The van der Waals surface area contributed by atoms with Crippen LogP contribution >= 0.6 is 0 Å². The van der Waals surface area contributed by atoms with Gasteiger partial charge in [-0.25, -0.2) is 4.79 Å². The van der Waals surface area contributed by atoms with Crippen molar-refractivity contribution in [3.8, 4) is 5.75 Å². The number of fused-ring (bicyclic) bond motifs is 1.